The lowest BCUT2D eigenvalue weighted by Gasteiger charge is -2.45. The normalized spacial score (nSPS) is 22.2. The van der Waals surface area contributed by atoms with Crippen molar-refractivity contribution in [3.63, 3.8) is 0 Å². The maximum atomic E-state index is 12.5. The predicted octanol–water partition coefficient (Wildman–Crippen LogP) is 1.86. The van der Waals surface area contributed by atoms with E-state index < -0.39 is 11.5 Å². The summed E-state index contributed by atoms with van der Waals surface area (Å²) < 4.78 is 4.98. The van der Waals surface area contributed by atoms with E-state index in [1.54, 1.807) is 6.08 Å². The first kappa shape index (κ1) is 19.5. The zero-order valence-corrected chi connectivity index (χ0v) is 16.0. The molecule has 0 bridgehead atoms. The molecule has 3 heterocycles. The molecule has 0 aliphatic carbocycles. The van der Waals surface area contributed by atoms with Gasteiger partial charge in [0.1, 0.15) is 0 Å². The molecule has 0 radical (unpaired) electrons. The number of piperidine rings is 1. The molecule has 7 nitrogen and oxygen atoms in total. The van der Waals surface area contributed by atoms with Crippen molar-refractivity contribution in [2.24, 2.45) is 5.92 Å². The highest BCUT2D eigenvalue weighted by atomic mass is 16.7. The highest BCUT2D eigenvalue weighted by molar-refractivity contribution is 5.88. The molecule has 2 saturated heterocycles. The van der Waals surface area contributed by atoms with E-state index in [4.69, 9.17) is 9.57 Å². The number of carbonyl (C=O) groups is 2. The lowest BCUT2D eigenvalue weighted by molar-refractivity contribution is -0.218. The third-order valence-corrected chi connectivity index (χ3v) is 5.52. The summed E-state index contributed by atoms with van der Waals surface area (Å²) in [5.74, 6) is -1.01. The van der Waals surface area contributed by atoms with Crippen molar-refractivity contribution in [3.8, 4) is 0 Å². The summed E-state index contributed by atoms with van der Waals surface area (Å²) in [4.78, 5) is 37.4. The number of ether oxygens (including phenoxy) is 1. The van der Waals surface area contributed by atoms with E-state index in [-0.39, 0.29) is 24.9 Å². The summed E-state index contributed by atoms with van der Waals surface area (Å²) in [6.07, 6.45) is 3.04. The molecule has 1 spiro atoms. The van der Waals surface area contributed by atoms with Crippen molar-refractivity contribution in [2.45, 2.75) is 38.3 Å². The second kappa shape index (κ2) is 8.19. The number of rotatable bonds is 6. The molecule has 0 N–H and O–H groups in total. The fourth-order valence-electron chi connectivity index (χ4n) is 4.18. The van der Waals surface area contributed by atoms with Gasteiger partial charge in [-0.2, -0.15) is 0 Å². The molecule has 3 rings (SSSR count). The van der Waals surface area contributed by atoms with Gasteiger partial charge >= 0.3 is 5.97 Å². The lowest BCUT2D eigenvalue weighted by atomic mass is 9.77. The third-order valence-electron chi connectivity index (χ3n) is 5.52. The second-order valence-electron chi connectivity index (χ2n) is 7.20. The second-order valence-corrected chi connectivity index (χ2v) is 7.20. The number of hydrogen-bond donors (Lipinski definition) is 0. The molecule has 146 valence electrons. The van der Waals surface area contributed by atoms with E-state index in [9.17, 15) is 9.59 Å². The monoisotopic (exact) mass is 373 g/mol. The maximum absolute atomic E-state index is 12.5. The largest absolute Gasteiger partial charge is 0.469 e. The molecular weight excluding hydrogens is 346 g/mol. The summed E-state index contributed by atoms with van der Waals surface area (Å²) in [7, 11) is 1.37. The number of carbonyl (C=O) groups excluding carboxylic acids is 2. The molecule has 1 unspecified atom stereocenters. The number of amides is 1. The first-order chi connectivity index (χ1) is 13.0. The van der Waals surface area contributed by atoms with Crippen LogP contribution in [0.25, 0.3) is 0 Å². The Morgan fingerprint density at radius 2 is 2.15 bits per heavy atom. The maximum Gasteiger partial charge on any atom is 0.311 e. The minimum Gasteiger partial charge on any atom is -0.469 e. The fraction of sp³-hybridized carbons (Fsp3) is 0.550. The number of hydrogen-bond acceptors (Lipinski definition) is 6. The molecular formula is C20H27N3O4. The van der Waals surface area contributed by atoms with Crippen LogP contribution in [-0.4, -0.2) is 59.2 Å². The number of esters is 1. The molecule has 1 atom stereocenters. The first-order valence-electron chi connectivity index (χ1n) is 9.30. The van der Waals surface area contributed by atoms with E-state index in [2.05, 4.69) is 16.5 Å². The molecule has 0 saturated carbocycles. The summed E-state index contributed by atoms with van der Waals surface area (Å²) in [6.45, 7) is 8.12. The first-order valence-corrected chi connectivity index (χ1v) is 9.30. The van der Waals surface area contributed by atoms with Gasteiger partial charge in [-0.05, 0) is 31.9 Å². The van der Waals surface area contributed by atoms with Crippen molar-refractivity contribution in [2.75, 3.05) is 26.8 Å². The number of likely N-dealkylation sites (tertiary alicyclic amines) is 1. The van der Waals surface area contributed by atoms with Gasteiger partial charge in [0.05, 0.1) is 30.9 Å². The van der Waals surface area contributed by atoms with Crippen LogP contribution in [0.1, 0.15) is 30.7 Å². The average Bonchev–Trinajstić information content (AvgIpc) is 2.93. The van der Waals surface area contributed by atoms with Crippen LogP contribution in [0.5, 0.6) is 0 Å². The van der Waals surface area contributed by atoms with Crippen molar-refractivity contribution in [1.29, 1.82) is 0 Å². The molecule has 1 amide bonds. The fourth-order valence-corrected chi connectivity index (χ4v) is 4.18. The number of pyridine rings is 1. The number of aryl methyl sites for hydroxylation is 1. The Morgan fingerprint density at radius 1 is 1.41 bits per heavy atom. The topological polar surface area (TPSA) is 72.0 Å². The van der Waals surface area contributed by atoms with Gasteiger partial charge in [-0.3, -0.25) is 24.3 Å². The molecule has 1 aromatic heterocycles. The van der Waals surface area contributed by atoms with Crippen molar-refractivity contribution in [3.05, 3.63) is 42.2 Å². The Kier molecular flexibility index (Phi) is 5.92. The minimum absolute atomic E-state index is 0.128. The van der Waals surface area contributed by atoms with E-state index in [1.807, 2.05) is 25.1 Å². The van der Waals surface area contributed by atoms with Crippen LogP contribution < -0.4 is 0 Å². The zero-order chi connectivity index (χ0) is 19.4. The summed E-state index contributed by atoms with van der Waals surface area (Å²) in [6, 6.07) is 6.01. The SMILES string of the molecule is C=CCON1C(=O)CC(C(=O)OC)C12CCN(Cc1cccc(C)n1)CC2. The third kappa shape index (κ3) is 3.89. The van der Waals surface area contributed by atoms with Crippen LogP contribution in [0.3, 0.4) is 0 Å². The minimum atomic E-state index is -0.649. The smallest absolute Gasteiger partial charge is 0.311 e. The van der Waals surface area contributed by atoms with Gasteiger partial charge in [-0.15, -0.1) is 6.58 Å². The van der Waals surface area contributed by atoms with E-state index in [0.717, 1.165) is 31.0 Å². The van der Waals surface area contributed by atoms with Gasteiger partial charge in [-0.1, -0.05) is 12.1 Å². The molecule has 1 aromatic rings. The van der Waals surface area contributed by atoms with Crippen LogP contribution in [0.15, 0.2) is 30.9 Å². The van der Waals surface area contributed by atoms with Crippen molar-refractivity contribution < 1.29 is 19.2 Å². The molecule has 2 fully saturated rings. The molecule has 2 aliphatic rings. The number of nitrogens with zero attached hydrogens (tertiary/aromatic N) is 3. The molecule has 2 aliphatic heterocycles. The number of hydroxylamine groups is 2. The van der Waals surface area contributed by atoms with Gasteiger partial charge < -0.3 is 4.74 Å². The molecule has 7 heteroatoms. The van der Waals surface area contributed by atoms with Gasteiger partial charge in [0, 0.05) is 31.7 Å². The van der Waals surface area contributed by atoms with Crippen LogP contribution in [0.2, 0.25) is 0 Å². The summed E-state index contributed by atoms with van der Waals surface area (Å²) >= 11 is 0. The van der Waals surface area contributed by atoms with Crippen LogP contribution in [0.4, 0.5) is 0 Å². The highest BCUT2D eigenvalue weighted by Crippen LogP contribution is 2.44. The van der Waals surface area contributed by atoms with E-state index >= 15 is 0 Å². The molecule has 0 aromatic carbocycles. The van der Waals surface area contributed by atoms with Crippen LogP contribution >= 0.6 is 0 Å². The standard InChI is InChI=1S/C20H27N3O4/c1-4-12-27-23-18(24)13-17(19(25)26-3)20(23)8-10-22(11-9-20)14-16-7-5-6-15(2)21-16/h4-7,17H,1,8-14H2,2-3H3. The Balaban J connectivity index is 1.75. The quantitative estimate of drug-likeness (QED) is 0.560. The highest BCUT2D eigenvalue weighted by Gasteiger charge is 2.58. The Hall–Kier alpha value is -2.25. The Bertz CT molecular complexity index is 713. The van der Waals surface area contributed by atoms with Gasteiger partial charge in [0.2, 0.25) is 5.91 Å². The Morgan fingerprint density at radius 3 is 2.78 bits per heavy atom. The lowest BCUT2D eigenvalue weighted by Crippen LogP contribution is -2.57. The number of aromatic nitrogens is 1. The van der Waals surface area contributed by atoms with Crippen molar-refractivity contribution >= 4 is 11.9 Å². The predicted molar refractivity (Wildman–Crippen MR) is 99.3 cm³/mol. The Labute approximate surface area is 159 Å². The zero-order valence-electron chi connectivity index (χ0n) is 16.0. The van der Waals surface area contributed by atoms with Gasteiger partial charge in [0.15, 0.2) is 0 Å². The summed E-state index contributed by atoms with van der Waals surface area (Å²) in [5.41, 5.74) is 1.37. The van der Waals surface area contributed by atoms with E-state index in [1.165, 1.54) is 12.2 Å². The summed E-state index contributed by atoms with van der Waals surface area (Å²) in [5, 5.41) is 1.43. The average molecular weight is 373 g/mol. The van der Waals surface area contributed by atoms with Gasteiger partial charge in [0.25, 0.3) is 0 Å². The van der Waals surface area contributed by atoms with Crippen LogP contribution in [0, 0.1) is 12.8 Å². The van der Waals surface area contributed by atoms with Crippen molar-refractivity contribution in [1.82, 2.24) is 14.9 Å². The number of methoxy groups -OCH3 is 1. The van der Waals surface area contributed by atoms with E-state index in [0.29, 0.717) is 12.8 Å². The molecule has 27 heavy (non-hydrogen) atoms. The van der Waals surface area contributed by atoms with Gasteiger partial charge in [-0.25, -0.2) is 5.06 Å². The van der Waals surface area contributed by atoms with Crippen LogP contribution in [-0.2, 0) is 25.7 Å².